The predicted octanol–water partition coefficient (Wildman–Crippen LogP) is 2.59. The minimum absolute atomic E-state index is 0.226. The van der Waals surface area contributed by atoms with Crippen LogP contribution in [0.1, 0.15) is 155 Å². The smallest absolute Gasteiger partial charge is 0.220 e. The number of amides is 1. The molecule has 0 aromatic carbocycles. The first kappa shape index (κ1) is 63.3. The summed E-state index contributed by atoms with van der Waals surface area (Å²) in [5.41, 5.74) is 0. The van der Waals surface area contributed by atoms with E-state index in [9.17, 15) is 61.0 Å². The van der Waals surface area contributed by atoms with Gasteiger partial charge in [0.2, 0.25) is 5.91 Å². The van der Waals surface area contributed by atoms with Crippen LogP contribution < -0.4 is 5.32 Å². The molecular weight excluding hydrogens is 927 g/mol. The van der Waals surface area contributed by atoms with Crippen LogP contribution in [0.5, 0.6) is 0 Å². The lowest BCUT2D eigenvalue weighted by Crippen LogP contribution is -2.66. The Morgan fingerprint density at radius 1 is 0.507 bits per heavy atom. The van der Waals surface area contributed by atoms with Gasteiger partial charge < -0.3 is 89.9 Å². The van der Waals surface area contributed by atoms with Crippen LogP contribution in [0.4, 0.5) is 0 Å². The van der Waals surface area contributed by atoms with Crippen LogP contribution in [-0.4, -0.2) is 193 Å². The molecule has 19 heteroatoms. The second-order valence-electron chi connectivity index (χ2n) is 19.3. The molecule has 0 aliphatic carbocycles. The summed E-state index contributed by atoms with van der Waals surface area (Å²) in [6, 6.07) is -0.977. The number of ether oxygens (including phenoxy) is 6. The van der Waals surface area contributed by atoms with Crippen molar-refractivity contribution in [1.82, 2.24) is 5.32 Å². The van der Waals surface area contributed by atoms with Crippen LogP contribution in [0.15, 0.2) is 36.5 Å². The molecule has 1 amide bonds. The van der Waals surface area contributed by atoms with Crippen LogP contribution in [0.3, 0.4) is 0 Å². The van der Waals surface area contributed by atoms with Gasteiger partial charge in [-0.2, -0.15) is 0 Å². The lowest BCUT2D eigenvalue weighted by atomic mass is 9.96. The van der Waals surface area contributed by atoms with Gasteiger partial charge >= 0.3 is 0 Å². The van der Waals surface area contributed by atoms with E-state index in [0.717, 1.165) is 70.6 Å². The Balaban J connectivity index is 1.56. The van der Waals surface area contributed by atoms with E-state index < -0.39 is 124 Å². The quantitative estimate of drug-likeness (QED) is 0.0314. The molecule has 414 valence electrons. The minimum Gasteiger partial charge on any atom is -0.394 e. The molecule has 0 radical (unpaired) electrons. The summed E-state index contributed by atoms with van der Waals surface area (Å²) >= 11 is 0. The summed E-state index contributed by atoms with van der Waals surface area (Å²) in [6.07, 6.45) is 8.55. The lowest BCUT2D eigenvalue weighted by Gasteiger charge is -2.48. The van der Waals surface area contributed by atoms with Crippen molar-refractivity contribution in [1.29, 1.82) is 0 Å². The molecule has 0 aromatic heterocycles. The van der Waals surface area contributed by atoms with E-state index in [1.54, 1.807) is 6.08 Å². The Bertz CT molecular complexity index is 1450. The third-order valence-electron chi connectivity index (χ3n) is 13.4. The van der Waals surface area contributed by atoms with Crippen LogP contribution in [0, 0.1) is 0 Å². The van der Waals surface area contributed by atoms with Gasteiger partial charge in [-0.15, -0.1) is 0 Å². The Morgan fingerprint density at radius 2 is 0.944 bits per heavy atom. The predicted molar refractivity (Wildman–Crippen MR) is 263 cm³/mol. The number of hydrogen-bond acceptors (Lipinski definition) is 18. The maximum absolute atomic E-state index is 13.2. The van der Waals surface area contributed by atoms with Gasteiger partial charge in [0.15, 0.2) is 18.9 Å². The zero-order valence-electron chi connectivity index (χ0n) is 42.4. The van der Waals surface area contributed by atoms with Gasteiger partial charge in [0, 0.05) is 6.42 Å². The molecule has 3 fully saturated rings. The topological polar surface area (TPSA) is 307 Å². The first-order chi connectivity index (χ1) is 34.3. The highest BCUT2D eigenvalue weighted by Crippen LogP contribution is 2.33. The van der Waals surface area contributed by atoms with Crippen LogP contribution in [-0.2, 0) is 33.2 Å². The van der Waals surface area contributed by atoms with Gasteiger partial charge in [-0.25, -0.2) is 0 Å². The van der Waals surface area contributed by atoms with Crippen LogP contribution in [0.2, 0.25) is 0 Å². The zero-order valence-corrected chi connectivity index (χ0v) is 42.4. The number of unbranched alkanes of at least 4 members (excludes halogenated alkanes) is 17. The van der Waals surface area contributed by atoms with Crippen molar-refractivity contribution in [2.45, 2.75) is 259 Å². The van der Waals surface area contributed by atoms with Crippen molar-refractivity contribution >= 4 is 5.91 Å². The number of allylic oxidation sites excluding steroid dienone is 5. The number of nitrogens with one attached hydrogen (secondary N) is 1. The van der Waals surface area contributed by atoms with Crippen LogP contribution >= 0.6 is 0 Å². The summed E-state index contributed by atoms with van der Waals surface area (Å²) in [5, 5.41) is 120. The molecule has 0 saturated carbocycles. The van der Waals surface area contributed by atoms with Crippen molar-refractivity contribution in [3.8, 4) is 0 Å². The average molecular weight is 1020 g/mol. The van der Waals surface area contributed by atoms with E-state index in [4.69, 9.17) is 28.4 Å². The molecule has 71 heavy (non-hydrogen) atoms. The van der Waals surface area contributed by atoms with Crippen molar-refractivity contribution in [3.63, 3.8) is 0 Å². The van der Waals surface area contributed by atoms with E-state index in [-0.39, 0.29) is 18.9 Å². The minimum atomic E-state index is -1.98. The number of aliphatic hydroxyl groups excluding tert-OH is 11. The Labute approximate surface area is 421 Å². The maximum Gasteiger partial charge on any atom is 0.220 e. The third kappa shape index (κ3) is 22.4. The molecule has 0 aromatic rings. The lowest BCUT2D eigenvalue weighted by molar-refractivity contribution is -0.379. The van der Waals surface area contributed by atoms with Crippen LogP contribution in [0.25, 0.3) is 0 Å². The van der Waals surface area contributed by atoms with Crippen molar-refractivity contribution < 1.29 is 89.4 Å². The summed E-state index contributed by atoms with van der Waals surface area (Å²) < 4.78 is 34.1. The summed E-state index contributed by atoms with van der Waals surface area (Å²) in [6.45, 7) is 1.62. The average Bonchev–Trinajstić information content (AvgIpc) is 3.36. The summed E-state index contributed by atoms with van der Waals surface area (Å²) in [5.74, 6) is -0.294. The summed E-state index contributed by atoms with van der Waals surface area (Å²) in [7, 11) is 0. The van der Waals surface area contributed by atoms with E-state index in [1.807, 2.05) is 6.08 Å². The van der Waals surface area contributed by atoms with E-state index in [2.05, 4.69) is 43.5 Å². The largest absolute Gasteiger partial charge is 0.394 e. The molecule has 0 bridgehead atoms. The Hall–Kier alpha value is -1.99. The normalized spacial score (nSPS) is 32.5. The van der Waals surface area contributed by atoms with Gasteiger partial charge in [-0.1, -0.05) is 140 Å². The second-order valence-corrected chi connectivity index (χ2v) is 19.3. The van der Waals surface area contributed by atoms with Gasteiger partial charge in [-0.3, -0.25) is 4.79 Å². The Kier molecular flexibility index (Phi) is 32.9. The number of carbonyl (C=O) groups is 1. The number of aliphatic hydroxyl groups is 11. The molecule has 3 heterocycles. The fourth-order valence-electron chi connectivity index (χ4n) is 8.91. The van der Waals surface area contributed by atoms with Gasteiger partial charge in [0.25, 0.3) is 0 Å². The highest BCUT2D eigenvalue weighted by Gasteiger charge is 2.53. The maximum atomic E-state index is 13.2. The standard InChI is InChI=1S/C52H93NO18/c1-3-5-7-9-11-13-15-17-18-20-22-24-26-28-30-40(58)53-35(36(57)29-27-25-23-21-19-16-14-12-10-8-6-4-2)34-66-50-46(64)43(61)48(38(32-55)68-50)71-52-47(65)44(62)49(39(33-56)69-52)70-51-45(63)42(60)41(59)37(31-54)67-51/h9,11,15,17,27,29,35-39,41-52,54-57,59-65H,3-8,10,12-14,16,18-26,28,30-34H2,1-2H3,(H,53,58)/b11-9-,17-15-,29-27+. The second kappa shape index (κ2) is 36.9. The third-order valence-corrected chi connectivity index (χ3v) is 13.4. The molecule has 3 rings (SSSR count). The fraction of sp³-hybridized carbons (Fsp3) is 0.865. The molecule has 19 nitrogen and oxygen atoms in total. The van der Waals surface area contributed by atoms with Crippen molar-refractivity contribution in [2.75, 3.05) is 26.4 Å². The molecule has 17 atom stereocenters. The molecule has 0 spiro atoms. The van der Waals surface area contributed by atoms with Gasteiger partial charge in [-0.05, 0) is 44.9 Å². The highest BCUT2D eigenvalue weighted by atomic mass is 16.8. The molecule has 3 aliphatic rings. The number of hydrogen-bond donors (Lipinski definition) is 12. The SMILES string of the molecule is CCCC/C=C\C/C=C\CCCCCCCC(=O)NC(COC1OC(CO)C(OC2OC(CO)C(OC3OC(CO)C(O)C(O)C3O)C(O)C2O)C(O)C1O)C(O)/C=C/CCCCCCCCCCCC. The zero-order chi connectivity index (χ0) is 52.0. The molecule has 12 N–H and O–H groups in total. The first-order valence-electron chi connectivity index (χ1n) is 26.7. The highest BCUT2D eigenvalue weighted by molar-refractivity contribution is 5.76. The molecule has 3 aliphatic heterocycles. The van der Waals surface area contributed by atoms with Crippen molar-refractivity contribution in [2.24, 2.45) is 0 Å². The number of rotatable bonds is 37. The van der Waals surface area contributed by atoms with E-state index in [1.165, 1.54) is 57.8 Å². The van der Waals surface area contributed by atoms with Gasteiger partial charge in [0.1, 0.15) is 73.2 Å². The summed E-state index contributed by atoms with van der Waals surface area (Å²) in [4.78, 5) is 13.2. The first-order valence-corrected chi connectivity index (χ1v) is 26.7. The monoisotopic (exact) mass is 1020 g/mol. The van der Waals surface area contributed by atoms with Gasteiger partial charge in [0.05, 0.1) is 38.6 Å². The van der Waals surface area contributed by atoms with Crippen molar-refractivity contribution in [3.05, 3.63) is 36.5 Å². The Morgan fingerprint density at radius 3 is 1.48 bits per heavy atom. The number of carbonyl (C=O) groups excluding carboxylic acids is 1. The molecule has 17 unspecified atom stereocenters. The molecule has 3 saturated heterocycles. The van der Waals surface area contributed by atoms with E-state index >= 15 is 0 Å². The molecular formula is C52H93NO18. The fourth-order valence-corrected chi connectivity index (χ4v) is 8.91. The van der Waals surface area contributed by atoms with E-state index in [0.29, 0.717) is 6.42 Å².